The van der Waals surface area contributed by atoms with Gasteiger partial charge >= 0.3 is 0 Å². The highest BCUT2D eigenvalue weighted by molar-refractivity contribution is 7.89. The van der Waals surface area contributed by atoms with Gasteiger partial charge in [-0.3, -0.25) is 0 Å². The molecule has 1 aromatic carbocycles. The summed E-state index contributed by atoms with van der Waals surface area (Å²) in [5.41, 5.74) is 8.72. The second-order valence-corrected chi connectivity index (χ2v) is 11.9. The summed E-state index contributed by atoms with van der Waals surface area (Å²) < 4.78 is 25.9. The predicted molar refractivity (Wildman–Crippen MR) is 134 cm³/mol. The van der Waals surface area contributed by atoms with E-state index in [2.05, 4.69) is 26.8 Å². The first-order valence-electron chi connectivity index (χ1n) is 11.0. The summed E-state index contributed by atoms with van der Waals surface area (Å²) >= 11 is 0. The molecule has 0 unspecified atom stereocenters. The normalized spacial score (nSPS) is 14.1. The van der Waals surface area contributed by atoms with E-state index < -0.39 is 15.4 Å². The molecule has 10 nitrogen and oxygen atoms in total. The molecule has 0 radical (unpaired) electrons. The van der Waals surface area contributed by atoms with Crippen molar-refractivity contribution in [3.05, 3.63) is 41.6 Å². The van der Waals surface area contributed by atoms with Crippen LogP contribution >= 0.6 is 0 Å². The molecule has 0 spiro atoms. The van der Waals surface area contributed by atoms with Crippen LogP contribution in [-0.2, 0) is 15.6 Å². The molecule has 0 saturated heterocycles. The van der Waals surface area contributed by atoms with Crippen molar-refractivity contribution >= 4 is 38.5 Å². The molecular formula is C23H30N8O2S. The van der Waals surface area contributed by atoms with E-state index in [9.17, 15) is 13.7 Å². The SMILES string of the molecule is CN(CC(C)(C)N)c1ccc(Nc2cc(NC3CC3)n3ncc(C#N)c3n2)cc1CS(C)(=O)=O. The lowest BCUT2D eigenvalue weighted by molar-refractivity contribution is 0.519. The summed E-state index contributed by atoms with van der Waals surface area (Å²) in [4.78, 5) is 6.55. The first-order chi connectivity index (χ1) is 15.9. The molecule has 1 aliphatic carbocycles. The van der Waals surface area contributed by atoms with E-state index in [0.717, 1.165) is 24.3 Å². The molecule has 0 aliphatic heterocycles. The van der Waals surface area contributed by atoms with Crippen LogP contribution in [0, 0.1) is 11.3 Å². The van der Waals surface area contributed by atoms with Crippen LogP contribution in [0.15, 0.2) is 30.5 Å². The van der Waals surface area contributed by atoms with Gasteiger partial charge in [-0.05, 0) is 50.5 Å². The molecule has 2 heterocycles. The summed E-state index contributed by atoms with van der Waals surface area (Å²) in [7, 11) is -1.37. The van der Waals surface area contributed by atoms with Gasteiger partial charge in [0.1, 0.15) is 23.3 Å². The molecule has 0 amide bonds. The lowest BCUT2D eigenvalue weighted by Crippen LogP contribution is -2.44. The number of hydrogen-bond donors (Lipinski definition) is 3. The Kier molecular flexibility index (Phi) is 6.14. The Morgan fingerprint density at radius 3 is 2.68 bits per heavy atom. The average Bonchev–Trinajstić information content (AvgIpc) is 3.42. The smallest absolute Gasteiger partial charge is 0.177 e. The minimum absolute atomic E-state index is 0.102. The summed E-state index contributed by atoms with van der Waals surface area (Å²) in [6, 6.07) is 9.93. The zero-order valence-corrected chi connectivity index (χ0v) is 20.6. The average molecular weight is 483 g/mol. The standard InChI is InChI=1S/C23H30N8O2S/c1-23(2,25)14-30(3)19-8-7-18(9-15(19)13-34(4,32)33)27-20-10-21(28-17-5-6-17)31-22(29-20)16(11-24)12-26-31/h7-10,12,17,28H,5-6,13-14,25H2,1-4H3,(H,27,29). The minimum atomic E-state index is -3.27. The number of anilines is 4. The van der Waals surface area contributed by atoms with Crippen molar-refractivity contribution in [3.63, 3.8) is 0 Å². The molecule has 1 aliphatic rings. The summed E-state index contributed by atoms with van der Waals surface area (Å²) in [5, 5.41) is 20.4. The van der Waals surface area contributed by atoms with Gasteiger partial charge in [0.15, 0.2) is 15.5 Å². The Morgan fingerprint density at radius 2 is 2.06 bits per heavy atom. The van der Waals surface area contributed by atoms with Crippen molar-refractivity contribution in [3.8, 4) is 6.07 Å². The van der Waals surface area contributed by atoms with Crippen LogP contribution in [0.3, 0.4) is 0 Å². The number of likely N-dealkylation sites (N-methyl/N-ethyl adjacent to an activating group) is 1. The number of nitrogens with two attached hydrogens (primary N) is 1. The maximum Gasteiger partial charge on any atom is 0.177 e. The maximum absolute atomic E-state index is 12.1. The second kappa shape index (κ2) is 8.77. The molecule has 1 saturated carbocycles. The van der Waals surface area contributed by atoms with Gasteiger partial charge in [0.2, 0.25) is 0 Å². The fourth-order valence-corrected chi connectivity index (χ4v) is 4.72. The quantitative estimate of drug-likeness (QED) is 0.419. The van der Waals surface area contributed by atoms with E-state index >= 15 is 0 Å². The van der Waals surface area contributed by atoms with Crippen molar-refractivity contribution in [2.45, 2.75) is 44.0 Å². The highest BCUT2D eigenvalue weighted by Gasteiger charge is 2.23. The van der Waals surface area contributed by atoms with E-state index in [1.54, 1.807) is 4.52 Å². The Labute approximate surface area is 199 Å². The Hall–Kier alpha value is -3.36. The van der Waals surface area contributed by atoms with Gasteiger partial charge < -0.3 is 21.3 Å². The Morgan fingerprint density at radius 1 is 1.32 bits per heavy atom. The van der Waals surface area contributed by atoms with Crippen molar-refractivity contribution < 1.29 is 8.42 Å². The van der Waals surface area contributed by atoms with Gasteiger partial charge in [0, 0.05) is 48.9 Å². The molecule has 4 rings (SSSR count). The number of nitriles is 1. The van der Waals surface area contributed by atoms with Crippen molar-refractivity contribution in [2.24, 2.45) is 5.73 Å². The molecule has 180 valence electrons. The van der Waals surface area contributed by atoms with Gasteiger partial charge in [-0.1, -0.05) is 0 Å². The van der Waals surface area contributed by atoms with Crippen molar-refractivity contribution in [1.29, 1.82) is 5.26 Å². The van der Waals surface area contributed by atoms with Crippen LogP contribution in [-0.4, -0.2) is 54.4 Å². The third kappa shape index (κ3) is 5.76. The fourth-order valence-electron chi connectivity index (χ4n) is 3.92. The zero-order chi connectivity index (χ0) is 24.7. The van der Waals surface area contributed by atoms with Crippen LogP contribution in [0.5, 0.6) is 0 Å². The molecule has 3 aromatic rings. The second-order valence-electron chi connectivity index (χ2n) is 9.73. The number of nitrogens with one attached hydrogen (secondary N) is 2. The number of sulfone groups is 1. The Bertz CT molecular complexity index is 1360. The molecule has 34 heavy (non-hydrogen) atoms. The van der Waals surface area contributed by atoms with Crippen LogP contribution in [0.25, 0.3) is 5.65 Å². The topological polar surface area (TPSA) is 141 Å². The number of fused-ring (bicyclic) bond motifs is 1. The third-order valence-corrected chi connectivity index (χ3v) is 6.18. The number of rotatable bonds is 9. The Balaban J connectivity index is 1.70. The van der Waals surface area contributed by atoms with E-state index in [1.807, 2.05) is 50.1 Å². The zero-order valence-electron chi connectivity index (χ0n) is 19.8. The van der Waals surface area contributed by atoms with Crippen molar-refractivity contribution in [1.82, 2.24) is 14.6 Å². The molecule has 1 fully saturated rings. The van der Waals surface area contributed by atoms with E-state index in [1.165, 1.54) is 12.5 Å². The molecule has 11 heteroatoms. The molecule has 0 bridgehead atoms. The van der Waals surface area contributed by atoms with Gasteiger partial charge in [-0.15, -0.1) is 0 Å². The highest BCUT2D eigenvalue weighted by Crippen LogP contribution is 2.30. The van der Waals surface area contributed by atoms with Crippen LogP contribution in [0.2, 0.25) is 0 Å². The highest BCUT2D eigenvalue weighted by atomic mass is 32.2. The molecular weight excluding hydrogens is 452 g/mol. The number of hydrogen-bond acceptors (Lipinski definition) is 9. The van der Waals surface area contributed by atoms with E-state index in [-0.39, 0.29) is 5.75 Å². The van der Waals surface area contributed by atoms with Gasteiger partial charge in [0.25, 0.3) is 0 Å². The van der Waals surface area contributed by atoms with Gasteiger partial charge in [-0.2, -0.15) is 14.9 Å². The summed E-state index contributed by atoms with van der Waals surface area (Å²) in [6.07, 6.45) is 4.89. The van der Waals surface area contributed by atoms with Gasteiger partial charge in [0.05, 0.1) is 11.9 Å². The van der Waals surface area contributed by atoms with Crippen LogP contribution < -0.4 is 21.3 Å². The number of aromatic nitrogens is 3. The van der Waals surface area contributed by atoms with Crippen LogP contribution in [0.1, 0.15) is 37.8 Å². The molecule has 4 N–H and O–H groups in total. The first kappa shape index (κ1) is 23.8. The van der Waals surface area contributed by atoms with E-state index in [4.69, 9.17) is 5.73 Å². The predicted octanol–water partition coefficient (Wildman–Crippen LogP) is 2.64. The third-order valence-electron chi connectivity index (χ3n) is 5.35. The van der Waals surface area contributed by atoms with Gasteiger partial charge in [-0.25, -0.2) is 13.4 Å². The molecule has 2 aromatic heterocycles. The lowest BCUT2D eigenvalue weighted by atomic mass is 10.1. The largest absolute Gasteiger partial charge is 0.373 e. The lowest BCUT2D eigenvalue weighted by Gasteiger charge is -2.30. The molecule has 0 atom stereocenters. The first-order valence-corrected chi connectivity index (χ1v) is 13.1. The van der Waals surface area contributed by atoms with Crippen LogP contribution in [0.4, 0.5) is 23.0 Å². The van der Waals surface area contributed by atoms with E-state index in [0.29, 0.717) is 40.9 Å². The summed E-state index contributed by atoms with van der Waals surface area (Å²) in [6.45, 7) is 4.41. The maximum atomic E-state index is 12.1. The minimum Gasteiger partial charge on any atom is -0.373 e. The van der Waals surface area contributed by atoms with Crippen molar-refractivity contribution in [2.75, 3.05) is 35.4 Å². The number of nitrogens with zero attached hydrogens (tertiary/aromatic N) is 5. The summed E-state index contributed by atoms with van der Waals surface area (Å²) in [5.74, 6) is 1.17. The monoisotopic (exact) mass is 482 g/mol. The fraction of sp³-hybridized carbons (Fsp3) is 0.435. The number of benzene rings is 1.